The second-order valence-corrected chi connectivity index (χ2v) is 7.19. The summed E-state index contributed by atoms with van der Waals surface area (Å²) in [5.74, 6) is -0.803. The largest absolute Gasteiger partial charge is 0.386 e. The molecule has 7 nitrogen and oxygen atoms in total. The first-order valence-corrected chi connectivity index (χ1v) is 8.98. The van der Waals surface area contributed by atoms with E-state index in [1.165, 1.54) is 13.2 Å². The van der Waals surface area contributed by atoms with Gasteiger partial charge in [-0.15, -0.1) is 6.58 Å². The van der Waals surface area contributed by atoms with Crippen LogP contribution in [0, 0.1) is 0 Å². The molecule has 1 aromatic rings. The molecule has 0 aromatic heterocycles. The third-order valence-corrected chi connectivity index (χ3v) is 4.73. The summed E-state index contributed by atoms with van der Waals surface area (Å²) in [6, 6.07) is 9.77. The van der Waals surface area contributed by atoms with E-state index < -0.39 is 36.0 Å². The molecule has 7 heteroatoms. The molecule has 0 aliphatic carbocycles. The fourth-order valence-electron chi connectivity index (χ4n) is 3.53. The van der Waals surface area contributed by atoms with Gasteiger partial charge in [-0.2, -0.15) is 0 Å². The molecule has 0 spiro atoms. The first-order valence-electron chi connectivity index (χ1n) is 8.98. The molecule has 1 aromatic carbocycles. The summed E-state index contributed by atoms with van der Waals surface area (Å²) >= 11 is 0. The third-order valence-electron chi connectivity index (χ3n) is 4.73. The van der Waals surface area contributed by atoms with E-state index in [4.69, 9.17) is 28.4 Å². The van der Waals surface area contributed by atoms with Crippen molar-refractivity contribution >= 4 is 0 Å². The normalized spacial score (nSPS) is 33.0. The standard InChI is InChI=1S/C20H28O7/c1-5-15(21)20(12-23-13-22-4)17(24-11-14-9-7-6-8-10-14)16-18(27-20)26-19(2,3)25-16/h5-10,15-18,21H,1,11-13H2,2-4H3/t15?,16-,17-,18+,20+/m1/s1. The summed E-state index contributed by atoms with van der Waals surface area (Å²) in [6.45, 7) is 7.76. The lowest BCUT2D eigenvalue weighted by molar-refractivity contribution is -0.273. The summed E-state index contributed by atoms with van der Waals surface area (Å²) < 4.78 is 34.7. The molecular formula is C20H28O7. The maximum absolute atomic E-state index is 10.7. The van der Waals surface area contributed by atoms with E-state index in [2.05, 4.69) is 6.58 Å². The summed E-state index contributed by atoms with van der Waals surface area (Å²) in [4.78, 5) is 0. The lowest BCUT2D eigenvalue weighted by Crippen LogP contribution is -2.57. The van der Waals surface area contributed by atoms with Crippen LogP contribution < -0.4 is 0 Å². The summed E-state index contributed by atoms with van der Waals surface area (Å²) in [5, 5.41) is 10.7. The van der Waals surface area contributed by atoms with Crippen LogP contribution in [0.3, 0.4) is 0 Å². The van der Waals surface area contributed by atoms with Crippen molar-refractivity contribution in [3.63, 3.8) is 0 Å². The number of hydrogen-bond donors (Lipinski definition) is 1. The minimum absolute atomic E-state index is 0.0353. The number of fused-ring (bicyclic) bond motifs is 1. The second kappa shape index (κ2) is 8.36. The highest BCUT2D eigenvalue weighted by Crippen LogP contribution is 2.45. The molecule has 3 rings (SSSR count). The van der Waals surface area contributed by atoms with E-state index in [1.54, 1.807) is 0 Å². The van der Waals surface area contributed by atoms with Crippen LogP contribution in [0.15, 0.2) is 43.0 Å². The van der Waals surface area contributed by atoms with Gasteiger partial charge in [0.05, 0.1) is 13.2 Å². The predicted molar refractivity (Wildman–Crippen MR) is 96.7 cm³/mol. The van der Waals surface area contributed by atoms with E-state index in [9.17, 15) is 5.11 Å². The molecule has 5 atom stereocenters. The molecule has 1 N–H and O–H groups in total. The van der Waals surface area contributed by atoms with Crippen molar-refractivity contribution in [2.24, 2.45) is 0 Å². The zero-order valence-corrected chi connectivity index (χ0v) is 16.0. The molecule has 2 fully saturated rings. The fraction of sp³-hybridized carbons (Fsp3) is 0.600. The van der Waals surface area contributed by atoms with Gasteiger partial charge >= 0.3 is 0 Å². The van der Waals surface area contributed by atoms with Crippen molar-refractivity contribution in [3.8, 4) is 0 Å². The molecule has 150 valence electrons. The van der Waals surface area contributed by atoms with Crippen LogP contribution in [0.4, 0.5) is 0 Å². The average molecular weight is 380 g/mol. The van der Waals surface area contributed by atoms with Crippen LogP contribution >= 0.6 is 0 Å². The second-order valence-electron chi connectivity index (χ2n) is 7.19. The smallest absolute Gasteiger partial charge is 0.190 e. The molecule has 27 heavy (non-hydrogen) atoms. The molecule has 2 heterocycles. The SMILES string of the molecule is C=CC(O)[C@]1(COCOC)O[C@@H]2OC(C)(C)O[C@@H]2[C@H]1OCc1ccccc1. The molecule has 1 unspecified atom stereocenters. The molecule has 0 saturated carbocycles. The zero-order valence-electron chi connectivity index (χ0n) is 16.0. The fourth-order valence-corrected chi connectivity index (χ4v) is 3.53. The van der Waals surface area contributed by atoms with E-state index >= 15 is 0 Å². The monoisotopic (exact) mass is 380 g/mol. The number of ether oxygens (including phenoxy) is 6. The Labute approximate surface area is 159 Å². The maximum atomic E-state index is 10.7. The Kier molecular flexibility index (Phi) is 6.32. The maximum Gasteiger partial charge on any atom is 0.190 e. The molecule has 2 saturated heterocycles. The Morgan fingerprint density at radius 2 is 1.96 bits per heavy atom. The van der Waals surface area contributed by atoms with Crippen molar-refractivity contribution in [2.75, 3.05) is 20.5 Å². The summed E-state index contributed by atoms with van der Waals surface area (Å²) in [6.07, 6.45) is -1.46. The van der Waals surface area contributed by atoms with E-state index in [1.807, 2.05) is 44.2 Å². The number of aliphatic hydroxyl groups is 1. The minimum Gasteiger partial charge on any atom is -0.386 e. The molecular weight excluding hydrogens is 352 g/mol. The first kappa shape index (κ1) is 20.4. The van der Waals surface area contributed by atoms with Crippen molar-refractivity contribution in [1.29, 1.82) is 0 Å². The zero-order chi connectivity index (χ0) is 19.5. The Bertz CT molecular complexity index is 620. The molecule has 0 amide bonds. The van der Waals surface area contributed by atoms with Gasteiger partial charge in [-0.05, 0) is 19.4 Å². The minimum atomic E-state index is -1.22. The van der Waals surface area contributed by atoms with Gasteiger partial charge in [0, 0.05) is 7.11 Å². The van der Waals surface area contributed by atoms with Gasteiger partial charge in [-0.25, -0.2) is 0 Å². The Balaban J connectivity index is 1.85. The lowest BCUT2D eigenvalue weighted by atomic mass is 9.89. The van der Waals surface area contributed by atoms with Crippen molar-refractivity contribution in [3.05, 3.63) is 48.6 Å². The van der Waals surface area contributed by atoms with Crippen LogP contribution in [-0.2, 0) is 35.0 Å². The highest BCUT2D eigenvalue weighted by molar-refractivity contribution is 5.15. The van der Waals surface area contributed by atoms with E-state index in [-0.39, 0.29) is 13.4 Å². The average Bonchev–Trinajstić information content (AvgIpc) is 3.09. The van der Waals surface area contributed by atoms with Crippen LogP contribution in [0.5, 0.6) is 0 Å². The number of benzene rings is 1. The summed E-state index contributed by atoms with van der Waals surface area (Å²) in [7, 11) is 1.53. The number of hydrogen-bond acceptors (Lipinski definition) is 7. The number of methoxy groups -OCH3 is 1. The highest BCUT2D eigenvalue weighted by atomic mass is 16.8. The lowest BCUT2D eigenvalue weighted by Gasteiger charge is -2.38. The van der Waals surface area contributed by atoms with Gasteiger partial charge in [0.1, 0.15) is 25.1 Å². The summed E-state index contributed by atoms with van der Waals surface area (Å²) in [5.41, 5.74) is -0.222. The van der Waals surface area contributed by atoms with E-state index in [0.717, 1.165) is 5.56 Å². The first-order chi connectivity index (χ1) is 12.9. The van der Waals surface area contributed by atoms with Crippen molar-refractivity contribution in [2.45, 2.75) is 56.4 Å². The van der Waals surface area contributed by atoms with Crippen LogP contribution in [-0.4, -0.2) is 61.6 Å². The third kappa shape index (κ3) is 4.25. The number of rotatable bonds is 9. The highest BCUT2D eigenvalue weighted by Gasteiger charge is 2.65. The van der Waals surface area contributed by atoms with Gasteiger partial charge in [0.15, 0.2) is 17.7 Å². The van der Waals surface area contributed by atoms with Crippen molar-refractivity contribution < 1.29 is 33.5 Å². The number of aliphatic hydroxyl groups excluding tert-OH is 1. The van der Waals surface area contributed by atoms with Gasteiger partial charge in [0.2, 0.25) is 0 Å². The topological polar surface area (TPSA) is 75.6 Å². The van der Waals surface area contributed by atoms with Gasteiger partial charge in [0.25, 0.3) is 0 Å². The Morgan fingerprint density at radius 3 is 2.63 bits per heavy atom. The van der Waals surface area contributed by atoms with Crippen LogP contribution in [0.25, 0.3) is 0 Å². The Hall–Kier alpha value is -1.32. The van der Waals surface area contributed by atoms with Crippen molar-refractivity contribution in [1.82, 2.24) is 0 Å². The predicted octanol–water partition coefficient (Wildman–Crippen LogP) is 1.99. The van der Waals surface area contributed by atoms with Gasteiger partial charge < -0.3 is 33.5 Å². The Morgan fingerprint density at radius 1 is 1.22 bits per heavy atom. The van der Waals surface area contributed by atoms with E-state index in [0.29, 0.717) is 6.61 Å². The molecule has 0 bridgehead atoms. The molecule has 2 aliphatic rings. The van der Waals surface area contributed by atoms with Crippen LogP contribution in [0.2, 0.25) is 0 Å². The quantitative estimate of drug-likeness (QED) is 0.399. The van der Waals surface area contributed by atoms with Gasteiger partial charge in [-0.3, -0.25) is 0 Å². The van der Waals surface area contributed by atoms with Crippen LogP contribution in [0.1, 0.15) is 19.4 Å². The van der Waals surface area contributed by atoms with Gasteiger partial charge in [-0.1, -0.05) is 36.4 Å². The molecule has 2 aliphatic heterocycles. The molecule has 0 radical (unpaired) electrons.